The molecule has 6 rings (SSSR count). The van der Waals surface area contributed by atoms with Gasteiger partial charge in [-0.3, -0.25) is 23.7 Å². The number of aliphatic hydroxyl groups is 1. The van der Waals surface area contributed by atoms with Gasteiger partial charge < -0.3 is 35.0 Å². The van der Waals surface area contributed by atoms with E-state index in [1.807, 2.05) is 0 Å². The van der Waals surface area contributed by atoms with Crippen LogP contribution in [0.1, 0.15) is 65.9 Å². The molecule has 16 heteroatoms. The number of carbonyl (C=O) groups is 3. The minimum absolute atomic E-state index is 0.0119. The maximum absolute atomic E-state index is 14.4. The second-order valence-corrected chi connectivity index (χ2v) is 14.9. The number of fused-ring (bicyclic) bond motifs is 2. The molecule has 4 heterocycles. The molecule has 0 aliphatic carbocycles. The molecule has 3 saturated heterocycles. The Kier molecular flexibility index (Phi) is 9.67. The molecule has 0 radical (unpaired) electrons. The summed E-state index contributed by atoms with van der Waals surface area (Å²) in [5, 5.41) is 24.3. The quantitative estimate of drug-likeness (QED) is 0.238. The summed E-state index contributed by atoms with van der Waals surface area (Å²) in [7, 11) is -5.83. The Morgan fingerprint density at radius 1 is 1.00 bits per heavy atom. The highest BCUT2D eigenvalue weighted by molar-refractivity contribution is 7.52. The Balaban J connectivity index is 1.24. The van der Waals surface area contributed by atoms with Crippen molar-refractivity contribution in [3.8, 4) is 6.07 Å². The summed E-state index contributed by atoms with van der Waals surface area (Å²) in [5.41, 5.74) is -5.07. The van der Waals surface area contributed by atoms with Crippen LogP contribution < -0.4 is 10.9 Å². The zero-order chi connectivity index (χ0) is 36.0. The van der Waals surface area contributed by atoms with Crippen molar-refractivity contribution in [2.24, 2.45) is 5.92 Å². The third kappa shape index (κ3) is 6.68. The molecule has 50 heavy (non-hydrogen) atoms. The monoisotopic (exact) mass is 711 g/mol. The second kappa shape index (κ2) is 13.7. The van der Waals surface area contributed by atoms with E-state index >= 15 is 0 Å². The van der Waals surface area contributed by atoms with Crippen molar-refractivity contribution in [2.75, 3.05) is 13.1 Å². The molecule has 2 aromatic carbocycles. The van der Waals surface area contributed by atoms with E-state index in [-0.39, 0.29) is 42.4 Å². The van der Waals surface area contributed by atoms with Gasteiger partial charge in [0, 0.05) is 48.8 Å². The fraction of sp³-hybridized carbons (Fsp3) is 0.441. The van der Waals surface area contributed by atoms with Gasteiger partial charge in [-0.15, -0.1) is 0 Å². The van der Waals surface area contributed by atoms with E-state index in [9.17, 15) is 42.9 Å². The van der Waals surface area contributed by atoms with Crippen molar-refractivity contribution < 1.29 is 42.6 Å². The summed E-state index contributed by atoms with van der Waals surface area (Å²) in [6.07, 6.45) is 3.08. The number of nitrogens with one attached hydrogen (secondary N) is 2. The number of aromatic amines is 1. The number of hydrogen-bond acceptors (Lipinski definition) is 7. The van der Waals surface area contributed by atoms with E-state index in [1.165, 1.54) is 46.3 Å². The lowest BCUT2D eigenvalue weighted by atomic mass is 9.91. The van der Waals surface area contributed by atoms with Gasteiger partial charge >= 0.3 is 13.3 Å². The number of halogens is 2. The molecule has 3 fully saturated rings. The lowest BCUT2D eigenvalue weighted by Gasteiger charge is -2.34. The van der Waals surface area contributed by atoms with Crippen LogP contribution in [0.25, 0.3) is 10.8 Å². The lowest BCUT2D eigenvalue weighted by Crippen LogP contribution is -2.56. The Morgan fingerprint density at radius 2 is 1.74 bits per heavy atom. The highest BCUT2D eigenvalue weighted by Gasteiger charge is 2.51. The molecule has 0 bridgehead atoms. The van der Waals surface area contributed by atoms with Gasteiger partial charge in [0.2, 0.25) is 17.4 Å². The van der Waals surface area contributed by atoms with Gasteiger partial charge in [-0.2, -0.15) is 14.0 Å². The Labute approximate surface area is 285 Å². The molecule has 6 atom stereocenters. The summed E-state index contributed by atoms with van der Waals surface area (Å²) in [6, 6.07) is 9.76. The standard InChI is InChI=1S/C34H36F2N5O8P/c35-34(36,50(47,48)49)24-9-8-19-6-7-21(12-22(19)13-24)31(44)39-26-4-2-1-3-5-27-29(42)15-28(41(27)32(26)45)33(46)40-17-23(16-37)25(18-40)20-10-11-38-30(43)14-20/h6-14,23,25-29,42H,1-5,15,17-18H2,(H,38,43)(H,39,44)(H2,47,48,49)/t23-,25+,26-,27-,28-,29+/m0/s1. The number of pyridine rings is 1. The van der Waals surface area contributed by atoms with E-state index in [2.05, 4.69) is 16.4 Å². The first-order chi connectivity index (χ1) is 23.7. The van der Waals surface area contributed by atoms with E-state index in [1.54, 1.807) is 6.07 Å². The molecule has 264 valence electrons. The topological polar surface area (TPSA) is 204 Å². The Hall–Kier alpha value is -4.48. The molecule has 3 aliphatic heterocycles. The van der Waals surface area contributed by atoms with Crippen molar-refractivity contribution in [3.63, 3.8) is 0 Å². The number of likely N-dealkylation sites (tertiary alicyclic amines) is 1. The molecule has 1 aromatic heterocycles. The maximum Gasteiger partial charge on any atom is 0.399 e. The largest absolute Gasteiger partial charge is 0.399 e. The first kappa shape index (κ1) is 35.3. The number of carbonyl (C=O) groups excluding carboxylic acids is 3. The average Bonchev–Trinajstić information content (AvgIpc) is 3.68. The number of nitriles is 1. The fourth-order valence-electron chi connectivity index (χ4n) is 7.44. The van der Waals surface area contributed by atoms with Gasteiger partial charge in [-0.1, -0.05) is 37.5 Å². The van der Waals surface area contributed by atoms with E-state index in [0.29, 0.717) is 36.6 Å². The van der Waals surface area contributed by atoms with Gasteiger partial charge in [0.25, 0.3) is 5.91 Å². The molecule has 3 amide bonds. The van der Waals surface area contributed by atoms with Crippen LogP contribution in [0, 0.1) is 17.2 Å². The number of hydrogen-bond donors (Lipinski definition) is 5. The maximum atomic E-state index is 14.4. The molecular formula is C34H36F2N5O8P. The molecule has 0 saturated carbocycles. The Bertz CT molecular complexity index is 1980. The molecule has 0 unspecified atom stereocenters. The van der Waals surface area contributed by atoms with Crippen LogP contribution in [0.3, 0.4) is 0 Å². The highest BCUT2D eigenvalue weighted by Crippen LogP contribution is 2.59. The van der Waals surface area contributed by atoms with E-state index in [0.717, 1.165) is 12.1 Å². The second-order valence-electron chi connectivity index (χ2n) is 13.2. The number of aromatic nitrogens is 1. The van der Waals surface area contributed by atoms with Crippen molar-refractivity contribution in [3.05, 3.63) is 81.8 Å². The number of H-pyrrole nitrogens is 1. The van der Waals surface area contributed by atoms with Crippen LogP contribution in [0.15, 0.2) is 59.5 Å². The Morgan fingerprint density at radius 3 is 2.46 bits per heavy atom. The number of alkyl halides is 2. The van der Waals surface area contributed by atoms with Gasteiger partial charge in [0.05, 0.1) is 24.1 Å². The third-order valence-electron chi connectivity index (χ3n) is 10.1. The molecule has 3 aromatic rings. The number of amides is 3. The first-order valence-electron chi connectivity index (χ1n) is 16.4. The van der Waals surface area contributed by atoms with Crippen LogP contribution in [-0.4, -0.2) is 84.7 Å². The predicted molar refractivity (Wildman–Crippen MR) is 175 cm³/mol. The normalized spacial score (nSPS) is 26.1. The zero-order valence-electron chi connectivity index (χ0n) is 26.7. The van der Waals surface area contributed by atoms with Crippen molar-refractivity contribution >= 4 is 36.1 Å². The van der Waals surface area contributed by atoms with E-state index in [4.69, 9.17) is 9.79 Å². The summed E-state index contributed by atoms with van der Waals surface area (Å²) in [5.74, 6) is -2.70. The van der Waals surface area contributed by atoms with E-state index < -0.39 is 72.6 Å². The summed E-state index contributed by atoms with van der Waals surface area (Å²) in [6.45, 7) is 0.222. The molecular weight excluding hydrogens is 675 g/mol. The van der Waals surface area contributed by atoms with Gasteiger partial charge in [-0.25, -0.2) is 0 Å². The van der Waals surface area contributed by atoms with Crippen LogP contribution in [-0.2, 0) is 19.8 Å². The number of rotatable bonds is 6. The van der Waals surface area contributed by atoms with Crippen molar-refractivity contribution in [1.29, 1.82) is 5.26 Å². The van der Waals surface area contributed by atoms with Crippen LogP contribution in [0.4, 0.5) is 8.78 Å². The molecule has 13 nitrogen and oxygen atoms in total. The number of aliphatic hydroxyl groups excluding tert-OH is 1. The highest BCUT2D eigenvalue weighted by atomic mass is 31.2. The first-order valence-corrected chi connectivity index (χ1v) is 18.0. The molecule has 0 spiro atoms. The molecule has 5 N–H and O–H groups in total. The molecule has 3 aliphatic rings. The SMILES string of the molecule is N#C[C@H]1CN(C(=O)[C@@H]2C[C@@H](O)[C@@H]3CCCCC[C@H](NC(=O)c4ccc5ccc(C(F)(F)P(=O)(O)O)cc5c4)C(=O)N23)C[C@@H]1c1cc[nH]c(=O)c1. The smallest absolute Gasteiger partial charge is 0.391 e. The minimum atomic E-state index is -5.83. The summed E-state index contributed by atoms with van der Waals surface area (Å²) >= 11 is 0. The summed E-state index contributed by atoms with van der Waals surface area (Å²) < 4.78 is 40.3. The van der Waals surface area contributed by atoms with Gasteiger partial charge in [-0.05, 0) is 53.4 Å². The number of nitrogens with zero attached hydrogens (tertiary/aromatic N) is 3. The minimum Gasteiger partial charge on any atom is -0.391 e. The lowest BCUT2D eigenvalue weighted by molar-refractivity contribution is -0.146. The predicted octanol–water partition coefficient (Wildman–Crippen LogP) is 2.91. The average molecular weight is 712 g/mol. The fourth-order valence-corrected chi connectivity index (χ4v) is 7.92. The van der Waals surface area contributed by atoms with Crippen LogP contribution in [0.2, 0.25) is 0 Å². The van der Waals surface area contributed by atoms with Gasteiger partial charge in [0.15, 0.2) is 0 Å². The number of benzene rings is 2. The third-order valence-corrected chi connectivity index (χ3v) is 11.1. The van der Waals surface area contributed by atoms with Crippen molar-refractivity contribution in [2.45, 2.75) is 74.3 Å². The van der Waals surface area contributed by atoms with Crippen LogP contribution in [0.5, 0.6) is 0 Å². The van der Waals surface area contributed by atoms with Gasteiger partial charge in [0.1, 0.15) is 12.1 Å². The van der Waals surface area contributed by atoms with Crippen LogP contribution >= 0.6 is 7.60 Å². The van der Waals surface area contributed by atoms with Crippen molar-refractivity contribution in [1.82, 2.24) is 20.1 Å². The zero-order valence-corrected chi connectivity index (χ0v) is 27.6. The summed E-state index contributed by atoms with van der Waals surface area (Å²) in [4.78, 5) is 77.6.